The molecule has 0 heterocycles. The zero-order valence-electron chi connectivity index (χ0n) is 8.53. The van der Waals surface area contributed by atoms with E-state index in [2.05, 4.69) is 11.9 Å². The van der Waals surface area contributed by atoms with E-state index in [4.69, 9.17) is 0 Å². The summed E-state index contributed by atoms with van der Waals surface area (Å²) in [5, 5.41) is 2.33. The van der Waals surface area contributed by atoms with Crippen LogP contribution in [0.3, 0.4) is 0 Å². The van der Waals surface area contributed by atoms with Crippen LogP contribution in [0.5, 0.6) is 0 Å². The molecular weight excluding hydrogens is 206 g/mol. The fourth-order valence-corrected chi connectivity index (χ4v) is 1.82. The van der Waals surface area contributed by atoms with E-state index in [1.54, 1.807) is 0 Å². The number of nitrogens with one attached hydrogen (secondary N) is 1. The minimum Gasteiger partial charge on any atom is -0.748 e. The first-order valence-corrected chi connectivity index (χ1v) is 5.12. The molecule has 1 N–H and O–H groups in total. The van der Waals surface area contributed by atoms with Crippen molar-refractivity contribution in [2.24, 2.45) is 0 Å². The molecule has 0 aromatic carbocycles. The number of carbonyl (C=O) groups is 1. The molecule has 0 fully saturated rings. The Morgan fingerprint density at radius 1 is 1.57 bits per heavy atom. The van der Waals surface area contributed by atoms with Gasteiger partial charge in [-0.15, -0.1) is 0 Å². The quantitative estimate of drug-likeness (QED) is 0.413. The summed E-state index contributed by atoms with van der Waals surface area (Å²) in [5.41, 5.74) is -1.06. The molecule has 0 aliphatic heterocycles. The summed E-state index contributed by atoms with van der Waals surface area (Å²) in [5.74, 6) is -1.15. The van der Waals surface area contributed by atoms with E-state index >= 15 is 0 Å². The Hall–Kier alpha value is -1.01. The van der Waals surface area contributed by atoms with Gasteiger partial charge >= 0.3 is 0 Å². The zero-order valence-corrected chi connectivity index (χ0v) is 9.35. The number of rotatable bonds is 4. The van der Waals surface area contributed by atoms with Crippen molar-refractivity contribution in [3.63, 3.8) is 0 Å². The molecule has 0 rings (SSSR count). The smallest absolute Gasteiger partial charge is 0.243 e. The minimum absolute atomic E-state index is 0. The Morgan fingerprint density at radius 3 is 2.29 bits per heavy atom. The van der Waals surface area contributed by atoms with Crippen LogP contribution in [0.2, 0.25) is 0 Å². The molecule has 14 heavy (non-hydrogen) atoms. The van der Waals surface area contributed by atoms with E-state index in [0.717, 1.165) is 6.08 Å². The molecule has 82 valence electrons. The van der Waals surface area contributed by atoms with Crippen LogP contribution < -0.4 is 5.32 Å². The predicted octanol–water partition coefficient (Wildman–Crippen LogP) is 0.0627. The SMILES string of the molecule is C=CC(=O)NC(C)(C)CS(=O)(=O)[O-].[CH3+]. The molecule has 1 amide bonds. The first-order chi connectivity index (χ1) is 5.66. The molecule has 0 atom stereocenters. The third-order valence-corrected chi connectivity index (χ3v) is 2.26. The molecule has 5 nitrogen and oxygen atoms in total. The van der Waals surface area contributed by atoms with Gasteiger partial charge in [0.2, 0.25) is 5.91 Å². The molecule has 0 bridgehead atoms. The van der Waals surface area contributed by atoms with Crippen LogP contribution in [-0.4, -0.2) is 30.2 Å². The van der Waals surface area contributed by atoms with E-state index in [9.17, 15) is 17.8 Å². The molecule has 0 aromatic heterocycles. The van der Waals surface area contributed by atoms with Gasteiger partial charge in [0.25, 0.3) is 0 Å². The Morgan fingerprint density at radius 2 is 2.00 bits per heavy atom. The Kier molecular flexibility index (Phi) is 5.54. The van der Waals surface area contributed by atoms with Crippen molar-refractivity contribution in [2.75, 3.05) is 5.75 Å². The standard InChI is InChI=1S/C7H13NO4S.CH3/c1-4-6(9)8-7(2,3)5-13(10,11)12;/h4H,1,5H2,2-3H3,(H,8,9)(H,10,11,12);1H3/q;+1/p-1. The average Bonchev–Trinajstić information content (AvgIpc) is 1.80. The molecule has 0 aliphatic carbocycles. The van der Waals surface area contributed by atoms with Crippen molar-refractivity contribution >= 4 is 16.0 Å². The first-order valence-electron chi connectivity index (χ1n) is 3.54. The van der Waals surface area contributed by atoms with Crippen molar-refractivity contribution < 1.29 is 17.8 Å². The third-order valence-electron chi connectivity index (χ3n) is 1.18. The molecule has 0 saturated carbocycles. The largest absolute Gasteiger partial charge is 0.748 e. The highest BCUT2D eigenvalue weighted by molar-refractivity contribution is 7.85. The summed E-state index contributed by atoms with van der Waals surface area (Å²) in [6.07, 6.45) is 1.01. The van der Waals surface area contributed by atoms with E-state index in [0.29, 0.717) is 0 Å². The number of hydrogen-bond donors (Lipinski definition) is 1. The molecule has 0 saturated heterocycles. The van der Waals surface area contributed by atoms with Crippen LogP contribution >= 0.6 is 0 Å². The van der Waals surface area contributed by atoms with E-state index in [-0.39, 0.29) is 7.43 Å². The zero-order chi connectivity index (χ0) is 10.7. The van der Waals surface area contributed by atoms with Crippen LogP contribution in [0.1, 0.15) is 13.8 Å². The van der Waals surface area contributed by atoms with Crippen molar-refractivity contribution in [3.8, 4) is 0 Å². The second kappa shape index (κ2) is 5.02. The highest BCUT2D eigenvalue weighted by Crippen LogP contribution is 2.05. The summed E-state index contributed by atoms with van der Waals surface area (Å²) >= 11 is 0. The highest BCUT2D eigenvalue weighted by Gasteiger charge is 2.21. The van der Waals surface area contributed by atoms with Crippen molar-refractivity contribution in [3.05, 3.63) is 20.1 Å². The summed E-state index contributed by atoms with van der Waals surface area (Å²) in [6, 6.07) is 0. The van der Waals surface area contributed by atoms with Gasteiger partial charge in [-0.3, -0.25) is 4.79 Å². The van der Waals surface area contributed by atoms with Gasteiger partial charge in [-0.1, -0.05) is 6.58 Å². The van der Waals surface area contributed by atoms with Gasteiger partial charge in [-0.05, 0) is 19.9 Å². The van der Waals surface area contributed by atoms with Crippen LogP contribution in [0.15, 0.2) is 12.7 Å². The number of hydrogen-bond acceptors (Lipinski definition) is 4. The Bertz CT molecular complexity index is 305. The maximum absolute atomic E-state index is 10.8. The average molecular weight is 221 g/mol. The summed E-state index contributed by atoms with van der Waals surface area (Å²) in [7, 11) is -4.33. The Labute approximate surface area is 85.0 Å². The van der Waals surface area contributed by atoms with Crippen molar-refractivity contribution in [1.82, 2.24) is 5.32 Å². The number of amides is 1. The lowest BCUT2D eigenvalue weighted by molar-refractivity contribution is -0.117. The summed E-state index contributed by atoms with van der Waals surface area (Å²) in [4.78, 5) is 10.8. The Balaban J connectivity index is 0. The van der Waals surface area contributed by atoms with Crippen molar-refractivity contribution in [2.45, 2.75) is 19.4 Å². The predicted molar refractivity (Wildman–Crippen MR) is 53.4 cm³/mol. The maximum atomic E-state index is 10.8. The summed E-state index contributed by atoms with van der Waals surface area (Å²) in [6.45, 7) is 6.10. The third kappa shape index (κ3) is 7.63. The van der Waals surface area contributed by atoms with Crippen molar-refractivity contribution in [1.29, 1.82) is 0 Å². The van der Waals surface area contributed by atoms with Crippen LogP contribution in [0.25, 0.3) is 0 Å². The monoisotopic (exact) mass is 221 g/mol. The van der Waals surface area contributed by atoms with Gasteiger partial charge in [-0.25, -0.2) is 8.42 Å². The lowest BCUT2D eigenvalue weighted by Crippen LogP contribution is -2.47. The second-order valence-electron chi connectivity index (χ2n) is 3.28. The van der Waals surface area contributed by atoms with E-state index < -0.39 is 27.3 Å². The molecule has 0 radical (unpaired) electrons. The molecule has 0 aliphatic rings. The van der Waals surface area contributed by atoms with Gasteiger partial charge in [0.1, 0.15) is 0 Å². The van der Waals surface area contributed by atoms with Gasteiger partial charge < -0.3 is 9.87 Å². The fraction of sp³-hybridized carbons (Fsp3) is 0.500. The fourth-order valence-electron chi connectivity index (χ4n) is 0.863. The van der Waals surface area contributed by atoms with Gasteiger partial charge in [0.05, 0.1) is 15.9 Å². The molecular formula is C8H15NO4S. The molecule has 0 aromatic rings. The van der Waals surface area contributed by atoms with Crippen LogP contribution in [-0.2, 0) is 14.9 Å². The van der Waals surface area contributed by atoms with Gasteiger partial charge in [0.15, 0.2) is 0 Å². The number of carbonyl (C=O) groups excluding carboxylic acids is 1. The second-order valence-corrected chi connectivity index (χ2v) is 4.68. The van der Waals surface area contributed by atoms with E-state index in [1.807, 2.05) is 0 Å². The van der Waals surface area contributed by atoms with E-state index in [1.165, 1.54) is 13.8 Å². The minimum atomic E-state index is -4.33. The lowest BCUT2D eigenvalue weighted by atomic mass is 10.1. The van der Waals surface area contributed by atoms with Gasteiger partial charge in [-0.2, -0.15) is 0 Å². The topological polar surface area (TPSA) is 86.3 Å². The normalized spacial score (nSPS) is 11.4. The first kappa shape index (κ1) is 15.5. The molecule has 0 unspecified atom stereocenters. The molecule has 0 spiro atoms. The van der Waals surface area contributed by atoms with Crippen LogP contribution in [0, 0.1) is 7.43 Å². The lowest BCUT2D eigenvalue weighted by Gasteiger charge is -2.26. The molecule has 6 heteroatoms. The summed E-state index contributed by atoms with van der Waals surface area (Å²) < 4.78 is 31.2. The van der Waals surface area contributed by atoms with Gasteiger partial charge in [0, 0.05) is 13.0 Å². The maximum Gasteiger partial charge on any atom is 0.243 e. The van der Waals surface area contributed by atoms with Crippen LogP contribution in [0.4, 0.5) is 0 Å². The highest BCUT2D eigenvalue weighted by atomic mass is 32.2.